The lowest BCUT2D eigenvalue weighted by molar-refractivity contribution is -0.137. The van der Waals surface area contributed by atoms with Gasteiger partial charge in [0, 0.05) is 23.2 Å². The fraction of sp³-hybridized carbons (Fsp3) is 0.538. The van der Waals surface area contributed by atoms with Gasteiger partial charge in [0.15, 0.2) is 0 Å². The Kier molecular flexibility index (Phi) is 6.61. The highest BCUT2D eigenvalue weighted by Gasteiger charge is 2.57. The fourth-order valence-corrected chi connectivity index (χ4v) is 6.83. The van der Waals surface area contributed by atoms with E-state index in [0.29, 0.717) is 29.6 Å². The normalized spacial score (nSPS) is 26.1. The lowest BCUT2D eigenvalue weighted by atomic mass is 9.44. The molecule has 1 aromatic heterocycles. The Bertz CT molecular complexity index is 1020. The number of carbonyl (C=O) groups is 2. The Hall–Kier alpha value is -2.34. The van der Waals surface area contributed by atoms with Crippen LogP contribution < -0.4 is 10.1 Å². The van der Waals surface area contributed by atoms with E-state index in [9.17, 15) is 9.59 Å². The quantitative estimate of drug-likeness (QED) is 0.365. The van der Waals surface area contributed by atoms with Crippen LogP contribution in [0.5, 0.6) is 5.75 Å². The van der Waals surface area contributed by atoms with E-state index in [1.807, 2.05) is 23.6 Å². The Balaban J connectivity index is 1.46. The number of fused-ring (bicyclic) bond motifs is 3. The first-order chi connectivity index (χ1) is 15.3. The van der Waals surface area contributed by atoms with E-state index < -0.39 is 5.97 Å². The molecule has 0 aliphatic heterocycles. The molecule has 5 rings (SSSR count). The zero-order valence-corrected chi connectivity index (χ0v) is 19.9. The number of nitrogens with one attached hydrogen (secondary N) is 1. The van der Waals surface area contributed by atoms with Crippen LogP contribution in [0.2, 0.25) is 0 Å². The van der Waals surface area contributed by atoms with Crippen molar-refractivity contribution in [3.05, 3.63) is 41.3 Å². The molecule has 2 aromatic rings. The minimum Gasteiger partial charge on any atom is -0.495 e. The second-order valence-corrected chi connectivity index (χ2v) is 10.7. The van der Waals surface area contributed by atoms with E-state index in [1.165, 1.54) is 6.42 Å². The highest BCUT2D eigenvalue weighted by molar-refractivity contribution is 7.18. The van der Waals surface area contributed by atoms with E-state index in [-0.39, 0.29) is 18.4 Å². The molecule has 2 N–H and O–H groups in total. The summed E-state index contributed by atoms with van der Waals surface area (Å²) in [4.78, 5) is 24.0. The fourth-order valence-electron chi connectivity index (χ4n) is 5.80. The summed E-state index contributed by atoms with van der Waals surface area (Å²) in [6, 6.07) is 5.99. The Labute approximate surface area is 193 Å². The molecule has 1 unspecified atom stereocenters. The molecule has 3 saturated carbocycles. The number of carboxylic acids is 1. The lowest BCUT2D eigenvalue weighted by Crippen LogP contribution is -2.61. The van der Waals surface area contributed by atoms with Crippen molar-refractivity contribution >= 4 is 33.3 Å². The van der Waals surface area contributed by atoms with E-state index >= 15 is 0 Å². The number of unbranched alkanes of at least 4 members (excludes halogenated alkanes) is 1. The van der Waals surface area contributed by atoms with E-state index in [2.05, 4.69) is 31.3 Å². The molecular weight excluding hydrogens is 422 g/mol. The molecule has 1 amide bonds. The third-order valence-corrected chi connectivity index (χ3v) is 8.81. The average molecular weight is 456 g/mol. The number of hydrogen-bond donors (Lipinski definition) is 2. The first-order valence-electron chi connectivity index (χ1n) is 11.5. The van der Waals surface area contributed by atoms with Gasteiger partial charge in [0.2, 0.25) is 0 Å². The van der Waals surface area contributed by atoms with Gasteiger partial charge in [0.1, 0.15) is 5.75 Å². The summed E-state index contributed by atoms with van der Waals surface area (Å²) < 4.78 is 6.41. The summed E-state index contributed by atoms with van der Waals surface area (Å²) in [7, 11) is 1.66. The van der Waals surface area contributed by atoms with E-state index in [4.69, 9.17) is 9.84 Å². The Morgan fingerprint density at radius 1 is 1.28 bits per heavy atom. The van der Waals surface area contributed by atoms with Crippen molar-refractivity contribution in [3.63, 3.8) is 0 Å². The zero-order valence-electron chi connectivity index (χ0n) is 19.1. The first-order valence-corrected chi connectivity index (χ1v) is 12.4. The van der Waals surface area contributed by atoms with Gasteiger partial charge in [-0.2, -0.15) is 0 Å². The maximum Gasteiger partial charge on any atom is 0.303 e. The molecule has 3 aliphatic rings. The maximum absolute atomic E-state index is 13.3. The van der Waals surface area contributed by atoms with E-state index in [1.54, 1.807) is 18.4 Å². The number of methoxy groups -OCH3 is 1. The van der Waals surface area contributed by atoms with Crippen molar-refractivity contribution in [1.82, 2.24) is 5.32 Å². The minimum absolute atomic E-state index is 0.000327. The van der Waals surface area contributed by atoms with Crippen LogP contribution in [0.4, 0.5) is 0 Å². The topological polar surface area (TPSA) is 75.6 Å². The summed E-state index contributed by atoms with van der Waals surface area (Å²) in [5, 5.41) is 15.1. The number of rotatable bonds is 9. The van der Waals surface area contributed by atoms with Crippen LogP contribution >= 0.6 is 11.3 Å². The van der Waals surface area contributed by atoms with Crippen LogP contribution in [0.1, 0.15) is 62.7 Å². The maximum atomic E-state index is 13.3. The third kappa shape index (κ3) is 4.29. The number of amides is 1. The molecule has 1 heterocycles. The van der Waals surface area contributed by atoms with Gasteiger partial charge in [-0.15, -0.1) is 11.3 Å². The highest BCUT2D eigenvalue weighted by atomic mass is 32.1. The molecule has 172 valence electrons. The largest absolute Gasteiger partial charge is 0.495 e. The van der Waals surface area contributed by atoms with Crippen molar-refractivity contribution in [3.8, 4) is 5.75 Å². The number of benzene rings is 1. The molecule has 3 aliphatic carbocycles. The Morgan fingerprint density at radius 2 is 2.09 bits per heavy atom. The van der Waals surface area contributed by atoms with Crippen LogP contribution in [0.25, 0.3) is 10.1 Å². The van der Waals surface area contributed by atoms with Crippen molar-refractivity contribution in [2.24, 2.45) is 23.2 Å². The average Bonchev–Trinajstić information content (AvgIpc) is 3.19. The number of hydrogen-bond acceptors (Lipinski definition) is 4. The molecule has 2 bridgehead atoms. The molecule has 0 spiro atoms. The predicted octanol–water partition coefficient (Wildman–Crippen LogP) is 5.89. The van der Waals surface area contributed by atoms with Crippen molar-refractivity contribution in [2.75, 3.05) is 7.11 Å². The third-order valence-electron chi connectivity index (χ3n) is 7.80. The summed E-state index contributed by atoms with van der Waals surface area (Å²) in [5.41, 5.74) is 1.04. The van der Waals surface area contributed by atoms with Gasteiger partial charge >= 0.3 is 5.97 Å². The molecule has 4 atom stereocenters. The van der Waals surface area contributed by atoms with Crippen LogP contribution in [-0.2, 0) is 4.79 Å². The molecule has 5 nitrogen and oxygen atoms in total. The molecule has 6 heteroatoms. The standard InChI is InChI=1S/C26H33NO4S/c1-26(2)16-13-20(26)17(9-6-4-5-7-12-23(28)29)21(14-16)27-25(30)19-11-8-10-18-22(31-3)15-32-24(18)19/h4,6,8,10-11,15-17,20-21H,5,7,9,12-14H2,1-3H3,(H,27,30)(H,28,29)/t16-,17-,20+,21?/m1/s1. The monoisotopic (exact) mass is 455 g/mol. The van der Waals surface area contributed by atoms with Crippen LogP contribution in [0, 0.1) is 23.2 Å². The number of carboxylic acid groups (broad SMARTS) is 1. The summed E-state index contributed by atoms with van der Waals surface area (Å²) in [5.74, 6) is 1.74. The van der Waals surface area contributed by atoms with Crippen LogP contribution in [-0.4, -0.2) is 30.1 Å². The van der Waals surface area contributed by atoms with Gasteiger partial charge in [-0.25, -0.2) is 0 Å². The van der Waals surface area contributed by atoms with Crippen LogP contribution in [0.3, 0.4) is 0 Å². The molecule has 32 heavy (non-hydrogen) atoms. The number of allylic oxidation sites excluding steroid dienone is 2. The van der Waals surface area contributed by atoms with Crippen LogP contribution in [0.15, 0.2) is 35.7 Å². The number of aliphatic carboxylic acids is 1. The number of carbonyl (C=O) groups excluding carboxylic acids is 1. The highest BCUT2D eigenvalue weighted by Crippen LogP contribution is 2.62. The van der Waals surface area contributed by atoms with Crippen molar-refractivity contribution < 1.29 is 19.4 Å². The molecule has 0 radical (unpaired) electrons. The molecule has 0 saturated heterocycles. The second-order valence-electron chi connectivity index (χ2n) is 9.82. The summed E-state index contributed by atoms with van der Waals surface area (Å²) in [6.07, 6.45) is 9.17. The van der Waals surface area contributed by atoms with E-state index in [0.717, 1.165) is 40.7 Å². The van der Waals surface area contributed by atoms with Gasteiger partial charge in [-0.3, -0.25) is 9.59 Å². The lowest BCUT2D eigenvalue weighted by Gasteiger charge is -2.62. The summed E-state index contributed by atoms with van der Waals surface area (Å²) >= 11 is 1.55. The van der Waals surface area contributed by atoms with Gasteiger partial charge in [0.05, 0.1) is 17.4 Å². The zero-order chi connectivity index (χ0) is 22.9. The number of thiophene rings is 1. The molecule has 1 aromatic carbocycles. The number of ether oxygens (including phenoxy) is 1. The molecular formula is C26H33NO4S. The van der Waals surface area contributed by atoms with Gasteiger partial charge in [-0.1, -0.05) is 32.1 Å². The van der Waals surface area contributed by atoms with Gasteiger partial charge in [-0.05, 0) is 67.4 Å². The first kappa shape index (κ1) is 22.8. The van der Waals surface area contributed by atoms with Crippen molar-refractivity contribution in [1.29, 1.82) is 0 Å². The van der Waals surface area contributed by atoms with Gasteiger partial charge < -0.3 is 15.2 Å². The SMILES string of the molecule is COc1csc2c(C(=O)NC3C[C@H]4C[C@@H]([C@H]3CC=CCCCC(=O)O)C4(C)C)cccc12. The van der Waals surface area contributed by atoms with Crippen molar-refractivity contribution in [2.45, 2.75) is 58.4 Å². The molecule has 3 fully saturated rings. The Morgan fingerprint density at radius 3 is 2.81 bits per heavy atom. The smallest absolute Gasteiger partial charge is 0.303 e. The van der Waals surface area contributed by atoms with Gasteiger partial charge in [0.25, 0.3) is 5.91 Å². The minimum atomic E-state index is -0.742. The predicted molar refractivity (Wildman–Crippen MR) is 128 cm³/mol. The second kappa shape index (κ2) is 9.26. The summed E-state index contributed by atoms with van der Waals surface area (Å²) in [6.45, 7) is 4.73.